The molecule has 6 nitrogen and oxygen atoms in total. The number of aryl methyl sites for hydroxylation is 2. The van der Waals surface area contributed by atoms with Crippen molar-refractivity contribution in [1.82, 2.24) is 15.6 Å². The molecule has 2 rings (SSSR count). The molecule has 0 atom stereocenters. The molecule has 0 radical (unpaired) electrons. The number of aromatic nitrogens is 1. The average Bonchev–Trinajstić information content (AvgIpc) is 3.08. The fourth-order valence-electron chi connectivity index (χ4n) is 2.59. The van der Waals surface area contributed by atoms with Gasteiger partial charge >= 0.3 is 0 Å². The van der Waals surface area contributed by atoms with Crippen molar-refractivity contribution in [3.8, 4) is 11.5 Å². The second-order valence-electron chi connectivity index (χ2n) is 5.83. The van der Waals surface area contributed by atoms with Crippen LogP contribution in [0.3, 0.4) is 0 Å². The van der Waals surface area contributed by atoms with E-state index < -0.39 is 0 Å². The SMILES string of the molecule is CN=C(NCCCc1ccc(OC)c(OC)c1)NCCc1csc(C)n1. The van der Waals surface area contributed by atoms with Crippen LogP contribution in [0.4, 0.5) is 0 Å². The van der Waals surface area contributed by atoms with Crippen molar-refractivity contribution in [1.29, 1.82) is 0 Å². The maximum absolute atomic E-state index is 5.35. The van der Waals surface area contributed by atoms with Gasteiger partial charge in [-0.15, -0.1) is 11.3 Å². The zero-order chi connectivity index (χ0) is 18.8. The van der Waals surface area contributed by atoms with Gasteiger partial charge in [0, 0.05) is 31.9 Å². The van der Waals surface area contributed by atoms with Crippen LogP contribution in [0.5, 0.6) is 11.5 Å². The molecule has 142 valence electrons. The number of aliphatic imine (C=N–C) groups is 1. The lowest BCUT2D eigenvalue weighted by Gasteiger charge is -2.12. The van der Waals surface area contributed by atoms with Gasteiger partial charge in [0.25, 0.3) is 0 Å². The van der Waals surface area contributed by atoms with Crippen molar-refractivity contribution in [3.63, 3.8) is 0 Å². The van der Waals surface area contributed by atoms with Crippen LogP contribution in [0.15, 0.2) is 28.6 Å². The number of ether oxygens (including phenoxy) is 2. The predicted molar refractivity (Wildman–Crippen MR) is 108 cm³/mol. The Morgan fingerprint density at radius 3 is 2.54 bits per heavy atom. The zero-order valence-corrected chi connectivity index (χ0v) is 16.8. The van der Waals surface area contributed by atoms with Gasteiger partial charge in [0.15, 0.2) is 17.5 Å². The smallest absolute Gasteiger partial charge is 0.190 e. The van der Waals surface area contributed by atoms with Crippen LogP contribution in [0.1, 0.15) is 22.7 Å². The average molecular weight is 377 g/mol. The Bertz CT molecular complexity index is 715. The van der Waals surface area contributed by atoms with Gasteiger partial charge in [0.2, 0.25) is 0 Å². The van der Waals surface area contributed by atoms with Crippen LogP contribution < -0.4 is 20.1 Å². The number of methoxy groups -OCH3 is 2. The summed E-state index contributed by atoms with van der Waals surface area (Å²) >= 11 is 1.69. The highest BCUT2D eigenvalue weighted by Crippen LogP contribution is 2.27. The number of guanidine groups is 1. The van der Waals surface area contributed by atoms with Crippen molar-refractivity contribution in [2.24, 2.45) is 4.99 Å². The second kappa shape index (κ2) is 10.7. The Kier molecular flexibility index (Phi) is 8.21. The number of hydrogen-bond donors (Lipinski definition) is 2. The summed E-state index contributed by atoms with van der Waals surface area (Å²) in [6, 6.07) is 6.05. The van der Waals surface area contributed by atoms with Crippen molar-refractivity contribution in [2.75, 3.05) is 34.4 Å². The lowest BCUT2D eigenvalue weighted by molar-refractivity contribution is 0.354. The van der Waals surface area contributed by atoms with E-state index in [1.165, 1.54) is 5.56 Å². The Morgan fingerprint density at radius 2 is 1.88 bits per heavy atom. The molecule has 1 heterocycles. The first kappa shape index (κ1) is 20.0. The standard InChI is InChI=1S/C19H28N4O2S/c1-14-23-16(13-26-14)9-11-22-19(20-2)21-10-5-6-15-7-8-17(24-3)18(12-15)25-4/h7-8,12-13H,5-6,9-11H2,1-4H3,(H2,20,21,22). The van der Waals surface area contributed by atoms with Crippen LogP contribution in [0.25, 0.3) is 0 Å². The van der Waals surface area contributed by atoms with Crippen molar-refractivity contribution in [3.05, 3.63) is 39.8 Å². The quantitative estimate of drug-likeness (QED) is 0.400. The molecule has 1 aromatic carbocycles. The molecule has 0 aliphatic heterocycles. The number of nitrogens with one attached hydrogen (secondary N) is 2. The Labute approximate surface area is 159 Å². The first-order valence-electron chi connectivity index (χ1n) is 8.72. The lowest BCUT2D eigenvalue weighted by Crippen LogP contribution is -2.38. The topological polar surface area (TPSA) is 67.8 Å². The summed E-state index contributed by atoms with van der Waals surface area (Å²) in [6.07, 6.45) is 2.86. The van der Waals surface area contributed by atoms with Gasteiger partial charge in [-0.2, -0.15) is 0 Å². The second-order valence-corrected chi connectivity index (χ2v) is 6.89. The molecule has 0 bridgehead atoms. The van der Waals surface area contributed by atoms with Gasteiger partial charge < -0.3 is 20.1 Å². The van der Waals surface area contributed by atoms with Crippen LogP contribution in [-0.4, -0.2) is 45.3 Å². The molecule has 7 heteroatoms. The van der Waals surface area contributed by atoms with Crippen LogP contribution in [0, 0.1) is 6.92 Å². The highest BCUT2D eigenvalue weighted by Gasteiger charge is 2.05. The molecule has 0 fully saturated rings. The Morgan fingerprint density at radius 1 is 1.12 bits per heavy atom. The highest BCUT2D eigenvalue weighted by atomic mass is 32.1. The third kappa shape index (κ3) is 6.22. The monoisotopic (exact) mass is 376 g/mol. The molecule has 26 heavy (non-hydrogen) atoms. The highest BCUT2D eigenvalue weighted by molar-refractivity contribution is 7.09. The molecule has 0 aliphatic carbocycles. The van der Waals surface area contributed by atoms with Crippen molar-refractivity contribution in [2.45, 2.75) is 26.2 Å². The van der Waals surface area contributed by atoms with E-state index >= 15 is 0 Å². The molecule has 0 unspecified atom stereocenters. The van der Waals surface area contributed by atoms with E-state index in [2.05, 4.69) is 32.1 Å². The fraction of sp³-hybridized carbons (Fsp3) is 0.474. The summed E-state index contributed by atoms with van der Waals surface area (Å²) in [4.78, 5) is 8.73. The molecule has 0 aliphatic rings. The molecule has 2 N–H and O–H groups in total. The normalized spacial score (nSPS) is 11.3. The minimum Gasteiger partial charge on any atom is -0.493 e. The largest absolute Gasteiger partial charge is 0.493 e. The van der Waals surface area contributed by atoms with Gasteiger partial charge in [-0.25, -0.2) is 4.98 Å². The third-order valence-electron chi connectivity index (χ3n) is 3.95. The van der Waals surface area contributed by atoms with Crippen molar-refractivity contribution >= 4 is 17.3 Å². The predicted octanol–water partition coefficient (Wildman–Crippen LogP) is 2.81. The summed E-state index contributed by atoms with van der Waals surface area (Å²) < 4.78 is 10.6. The summed E-state index contributed by atoms with van der Waals surface area (Å²) in [5.74, 6) is 2.35. The number of thiazole rings is 1. The summed E-state index contributed by atoms with van der Waals surface area (Å²) in [6.45, 7) is 3.70. The molecule has 1 aromatic heterocycles. The minimum absolute atomic E-state index is 0.759. The Hall–Kier alpha value is -2.28. The van der Waals surface area contributed by atoms with Gasteiger partial charge in [0.05, 0.1) is 24.9 Å². The van der Waals surface area contributed by atoms with E-state index in [0.717, 1.165) is 60.5 Å². The third-order valence-corrected chi connectivity index (χ3v) is 4.77. The lowest BCUT2D eigenvalue weighted by atomic mass is 10.1. The van der Waals surface area contributed by atoms with Gasteiger partial charge in [-0.05, 0) is 37.5 Å². The van der Waals surface area contributed by atoms with E-state index in [0.29, 0.717) is 0 Å². The van der Waals surface area contributed by atoms with Crippen molar-refractivity contribution < 1.29 is 9.47 Å². The summed E-state index contributed by atoms with van der Waals surface area (Å²) in [7, 11) is 5.10. The van der Waals surface area contributed by atoms with E-state index in [9.17, 15) is 0 Å². The molecule has 0 amide bonds. The summed E-state index contributed by atoms with van der Waals surface area (Å²) in [5.41, 5.74) is 2.36. The number of benzene rings is 1. The first-order chi connectivity index (χ1) is 12.7. The number of nitrogens with zero attached hydrogens (tertiary/aromatic N) is 2. The minimum atomic E-state index is 0.759. The zero-order valence-electron chi connectivity index (χ0n) is 16.0. The van der Waals surface area contributed by atoms with Crippen LogP contribution in [0.2, 0.25) is 0 Å². The van der Waals surface area contributed by atoms with E-state index in [1.807, 2.05) is 19.1 Å². The molecule has 2 aromatic rings. The van der Waals surface area contributed by atoms with Crippen LogP contribution in [-0.2, 0) is 12.8 Å². The van der Waals surface area contributed by atoms with Gasteiger partial charge in [-0.1, -0.05) is 6.07 Å². The molecule has 0 spiro atoms. The molecular formula is C19H28N4O2S. The fourth-order valence-corrected chi connectivity index (χ4v) is 3.24. The van der Waals surface area contributed by atoms with Gasteiger partial charge in [-0.3, -0.25) is 4.99 Å². The first-order valence-corrected chi connectivity index (χ1v) is 9.60. The van der Waals surface area contributed by atoms with E-state index in [1.54, 1.807) is 32.6 Å². The number of hydrogen-bond acceptors (Lipinski definition) is 5. The Balaban J connectivity index is 1.69. The molecule has 0 saturated heterocycles. The summed E-state index contributed by atoms with van der Waals surface area (Å²) in [5, 5.41) is 9.89. The number of rotatable bonds is 9. The molecular weight excluding hydrogens is 348 g/mol. The van der Waals surface area contributed by atoms with Crippen LogP contribution >= 0.6 is 11.3 Å². The van der Waals surface area contributed by atoms with E-state index in [-0.39, 0.29) is 0 Å². The maximum Gasteiger partial charge on any atom is 0.190 e. The maximum atomic E-state index is 5.35. The van der Waals surface area contributed by atoms with E-state index in [4.69, 9.17) is 9.47 Å². The van der Waals surface area contributed by atoms with Gasteiger partial charge in [0.1, 0.15) is 0 Å². The molecule has 0 saturated carbocycles.